The van der Waals surface area contributed by atoms with Gasteiger partial charge in [-0.3, -0.25) is 0 Å². The summed E-state index contributed by atoms with van der Waals surface area (Å²) in [6.45, 7) is 0. The molecule has 0 unspecified atom stereocenters. The van der Waals surface area contributed by atoms with Gasteiger partial charge in [0.15, 0.2) is 5.82 Å². The van der Waals surface area contributed by atoms with E-state index in [1.165, 1.54) is 5.56 Å². The van der Waals surface area contributed by atoms with Gasteiger partial charge in [0.1, 0.15) is 10.8 Å². The summed E-state index contributed by atoms with van der Waals surface area (Å²) in [7, 11) is 1.67. The lowest BCUT2D eigenvalue weighted by atomic mass is 10.2. The number of aromatic nitrogens is 3. The van der Waals surface area contributed by atoms with Crippen LogP contribution in [0.4, 0.5) is 0 Å². The smallest absolute Gasteiger partial charge is 0.153 e. The van der Waals surface area contributed by atoms with Gasteiger partial charge < -0.3 is 4.74 Å². The Morgan fingerprint density at radius 3 is 2.67 bits per heavy atom. The number of nitrogens with zero attached hydrogens (tertiary/aromatic N) is 3. The number of hydrogen-bond acceptors (Lipinski definition) is 4. The number of benzene rings is 1. The first kappa shape index (κ1) is 13.7. The minimum atomic E-state index is 0.828. The number of rotatable bonds is 5. The second-order valence-electron chi connectivity index (χ2n) is 4.42. The van der Waals surface area contributed by atoms with Crippen LogP contribution in [0.1, 0.15) is 5.56 Å². The van der Waals surface area contributed by atoms with E-state index in [-0.39, 0.29) is 0 Å². The van der Waals surface area contributed by atoms with Gasteiger partial charge in [0.25, 0.3) is 0 Å². The van der Waals surface area contributed by atoms with Gasteiger partial charge in [-0.25, -0.2) is 9.67 Å². The fraction of sp³-hybridized carbons (Fsp3) is 0.125. The quantitative estimate of drug-likeness (QED) is 0.675. The maximum Gasteiger partial charge on any atom is 0.153 e. The molecule has 0 spiro atoms. The molecule has 106 valence electrons. The number of methoxy groups -OCH3 is 1. The SMILES string of the molecule is COc1ccc(CSc2ccn(-c3ccccn3)n2)cc1. The van der Waals surface area contributed by atoms with Crippen LogP contribution >= 0.6 is 11.8 Å². The van der Waals surface area contributed by atoms with Gasteiger partial charge in [0, 0.05) is 18.1 Å². The Bertz CT molecular complexity index is 695. The van der Waals surface area contributed by atoms with Crippen molar-refractivity contribution in [1.82, 2.24) is 14.8 Å². The number of hydrogen-bond donors (Lipinski definition) is 0. The van der Waals surface area contributed by atoms with E-state index in [4.69, 9.17) is 4.74 Å². The molecule has 2 heterocycles. The van der Waals surface area contributed by atoms with Crippen LogP contribution in [-0.2, 0) is 5.75 Å². The Balaban J connectivity index is 1.64. The molecular weight excluding hydrogens is 282 g/mol. The number of thioether (sulfide) groups is 1. The van der Waals surface area contributed by atoms with E-state index >= 15 is 0 Å². The van der Waals surface area contributed by atoms with E-state index in [1.807, 2.05) is 42.6 Å². The highest BCUT2D eigenvalue weighted by Gasteiger charge is 2.03. The van der Waals surface area contributed by atoms with Crippen LogP contribution < -0.4 is 4.74 Å². The number of ether oxygens (including phenoxy) is 1. The molecule has 0 aliphatic rings. The topological polar surface area (TPSA) is 39.9 Å². The first-order valence-electron chi connectivity index (χ1n) is 6.58. The highest BCUT2D eigenvalue weighted by atomic mass is 32.2. The molecule has 21 heavy (non-hydrogen) atoms. The standard InChI is InChI=1S/C16H15N3OS/c1-20-14-7-5-13(6-8-14)12-21-16-9-11-19(18-16)15-4-2-3-10-17-15/h2-11H,12H2,1H3. The largest absolute Gasteiger partial charge is 0.497 e. The summed E-state index contributed by atoms with van der Waals surface area (Å²) in [5.74, 6) is 2.58. The summed E-state index contributed by atoms with van der Waals surface area (Å²) < 4.78 is 6.94. The highest BCUT2D eigenvalue weighted by molar-refractivity contribution is 7.98. The van der Waals surface area contributed by atoms with Crippen LogP contribution in [0.2, 0.25) is 0 Å². The number of pyridine rings is 1. The van der Waals surface area contributed by atoms with Gasteiger partial charge in [0.2, 0.25) is 0 Å². The molecule has 0 aliphatic heterocycles. The molecule has 0 atom stereocenters. The lowest BCUT2D eigenvalue weighted by molar-refractivity contribution is 0.414. The van der Waals surface area contributed by atoms with Crippen molar-refractivity contribution in [3.8, 4) is 11.6 Å². The van der Waals surface area contributed by atoms with Crippen LogP contribution in [-0.4, -0.2) is 21.9 Å². The Hall–Kier alpha value is -2.27. The molecule has 0 radical (unpaired) electrons. The van der Waals surface area contributed by atoms with Crippen LogP contribution in [0.5, 0.6) is 5.75 Å². The zero-order valence-electron chi connectivity index (χ0n) is 11.6. The Labute approximate surface area is 127 Å². The molecule has 0 bridgehead atoms. The molecule has 3 rings (SSSR count). The second kappa shape index (κ2) is 6.45. The maximum atomic E-state index is 5.15. The molecule has 0 aliphatic carbocycles. The highest BCUT2D eigenvalue weighted by Crippen LogP contribution is 2.22. The van der Waals surface area contributed by atoms with Crippen molar-refractivity contribution in [2.75, 3.05) is 7.11 Å². The van der Waals surface area contributed by atoms with E-state index in [1.54, 1.807) is 29.8 Å². The van der Waals surface area contributed by atoms with Crippen LogP contribution in [0.3, 0.4) is 0 Å². The molecule has 0 saturated heterocycles. The van der Waals surface area contributed by atoms with Crippen LogP contribution in [0, 0.1) is 0 Å². The third-order valence-corrected chi connectivity index (χ3v) is 3.99. The third kappa shape index (κ3) is 3.44. The van der Waals surface area contributed by atoms with Gasteiger partial charge >= 0.3 is 0 Å². The molecule has 5 heteroatoms. The maximum absolute atomic E-state index is 5.15. The van der Waals surface area contributed by atoms with Crippen molar-refractivity contribution < 1.29 is 4.74 Å². The van der Waals surface area contributed by atoms with Crippen LogP contribution in [0.25, 0.3) is 5.82 Å². The average molecular weight is 297 g/mol. The van der Waals surface area contributed by atoms with E-state index in [2.05, 4.69) is 22.2 Å². The fourth-order valence-electron chi connectivity index (χ4n) is 1.88. The van der Waals surface area contributed by atoms with Gasteiger partial charge in [-0.05, 0) is 35.9 Å². The third-order valence-electron chi connectivity index (χ3n) is 2.99. The summed E-state index contributed by atoms with van der Waals surface area (Å²) in [5.41, 5.74) is 1.24. The van der Waals surface area contributed by atoms with Crippen molar-refractivity contribution in [1.29, 1.82) is 0 Å². The fourth-order valence-corrected chi connectivity index (χ4v) is 2.69. The molecule has 0 amide bonds. The van der Waals surface area contributed by atoms with Crippen LogP contribution in [0.15, 0.2) is 66.0 Å². The second-order valence-corrected chi connectivity index (χ2v) is 5.42. The van der Waals surface area contributed by atoms with Gasteiger partial charge in [-0.2, -0.15) is 5.10 Å². The Morgan fingerprint density at radius 1 is 1.10 bits per heavy atom. The summed E-state index contributed by atoms with van der Waals surface area (Å²) in [5, 5.41) is 5.50. The van der Waals surface area contributed by atoms with Crippen molar-refractivity contribution in [2.45, 2.75) is 10.8 Å². The van der Waals surface area contributed by atoms with Gasteiger partial charge in [0.05, 0.1) is 7.11 Å². The molecule has 1 aromatic carbocycles. The van der Waals surface area contributed by atoms with Crippen molar-refractivity contribution in [3.63, 3.8) is 0 Å². The van der Waals surface area contributed by atoms with Crippen molar-refractivity contribution in [3.05, 3.63) is 66.5 Å². The Kier molecular flexibility index (Phi) is 4.21. The molecule has 2 aromatic heterocycles. The summed E-state index contributed by atoms with van der Waals surface area (Å²) in [6, 6.07) is 15.9. The normalized spacial score (nSPS) is 10.5. The van der Waals surface area contributed by atoms with Crippen molar-refractivity contribution in [2.24, 2.45) is 0 Å². The molecule has 0 N–H and O–H groups in total. The molecule has 4 nitrogen and oxygen atoms in total. The molecular formula is C16H15N3OS. The molecule has 3 aromatic rings. The Morgan fingerprint density at radius 2 is 1.95 bits per heavy atom. The first-order chi connectivity index (χ1) is 10.3. The lowest BCUT2D eigenvalue weighted by Crippen LogP contribution is -1.96. The van der Waals surface area contributed by atoms with Gasteiger partial charge in [-0.15, -0.1) is 0 Å². The minimum absolute atomic E-state index is 0.828. The zero-order chi connectivity index (χ0) is 14.5. The average Bonchev–Trinajstić information content (AvgIpc) is 3.03. The van der Waals surface area contributed by atoms with Crippen molar-refractivity contribution >= 4 is 11.8 Å². The monoisotopic (exact) mass is 297 g/mol. The predicted molar refractivity (Wildman–Crippen MR) is 83.9 cm³/mol. The predicted octanol–water partition coefficient (Wildman–Crippen LogP) is 3.57. The minimum Gasteiger partial charge on any atom is -0.497 e. The summed E-state index contributed by atoms with van der Waals surface area (Å²) in [4.78, 5) is 4.28. The van der Waals surface area contributed by atoms with E-state index in [9.17, 15) is 0 Å². The summed E-state index contributed by atoms with van der Waals surface area (Å²) >= 11 is 1.70. The zero-order valence-corrected chi connectivity index (χ0v) is 12.5. The summed E-state index contributed by atoms with van der Waals surface area (Å²) in [6.07, 6.45) is 3.69. The van der Waals surface area contributed by atoms with E-state index in [0.717, 1.165) is 22.3 Å². The van der Waals surface area contributed by atoms with E-state index in [0.29, 0.717) is 0 Å². The first-order valence-corrected chi connectivity index (χ1v) is 7.56. The lowest BCUT2D eigenvalue weighted by Gasteiger charge is -2.02. The molecule has 0 saturated carbocycles. The molecule has 0 fully saturated rings. The van der Waals surface area contributed by atoms with E-state index < -0.39 is 0 Å². The van der Waals surface area contributed by atoms with Gasteiger partial charge in [-0.1, -0.05) is 30.0 Å².